The van der Waals surface area contributed by atoms with E-state index in [0.717, 1.165) is 73.7 Å². The van der Waals surface area contributed by atoms with Crippen molar-refractivity contribution in [2.24, 2.45) is 0 Å². The van der Waals surface area contributed by atoms with Gasteiger partial charge in [-0.05, 0) is 74.0 Å². The fraction of sp³-hybridized carbons (Fsp3) is 0.351. The van der Waals surface area contributed by atoms with E-state index in [1.807, 2.05) is 37.4 Å². The highest BCUT2D eigenvalue weighted by molar-refractivity contribution is 6.42. The zero-order chi connectivity index (χ0) is 33.6. The standard InChI is InChI=1S/C37H41Cl2N5O4/c1-41(36(45)30-11-10-29(46-2)22-35(30)47-3)24-28(27-9-12-31(38)32(39)21-27)13-17-42-15-6-16-43(19-18-42)37-40-33-7-4-5-8-34(33)44(37)23-26-14-20-48-25-26/h4-5,7-12,14,20-22,25,28H,6,13,15-19,23-24H2,1-3H3. The molecule has 0 radical (unpaired) electrons. The van der Waals surface area contributed by atoms with Gasteiger partial charge in [0.2, 0.25) is 5.95 Å². The Kier molecular flexibility index (Phi) is 10.8. The molecule has 252 valence electrons. The minimum absolute atomic E-state index is 0.0384. The van der Waals surface area contributed by atoms with Crippen LogP contribution in [-0.2, 0) is 6.54 Å². The summed E-state index contributed by atoms with van der Waals surface area (Å²) in [5.41, 5.74) is 4.76. The number of imidazole rings is 1. The molecule has 9 nitrogen and oxygen atoms in total. The number of ether oxygens (including phenoxy) is 2. The molecule has 0 bridgehead atoms. The van der Waals surface area contributed by atoms with E-state index in [2.05, 4.69) is 32.6 Å². The van der Waals surface area contributed by atoms with Crippen molar-refractivity contribution in [1.29, 1.82) is 0 Å². The van der Waals surface area contributed by atoms with Gasteiger partial charge in [0.05, 0.1) is 59.9 Å². The lowest BCUT2D eigenvalue weighted by Gasteiger charge is -2.28. The van der Waals surface area contributed by atoms with Gasteiger partial charge in [0.25, 0.3) is 5.91 Å². The lowest BCUT2D eigenvalue weighted by Crippen LogP contribution is -2.35. The molecule has 3 aromatic carbocycles. The number of hydrogen-bond acceptors (Lipinski definition) is 7. The Morgan fingerprint density at radius 2 is 1.83 bits per heavy atom. The quantitative estimate of drug-likeness (QED) is 0.135. The maximum absolute atomic E-state index is 13.7. The number of carbonyl (C=O) groups is 1. The highest BCUT2D eigenvalue weighted by Gasteiger charge is 2.25. The van der Waals surface area contributed by atoms with Crippen molar-refractivity contribution in [2.75, 3.05) is 65.4 Å². The number of likely N-dealkylation sites (N-methyl/N-ethyl adjacent to an activating group) is 1. The SMILES string of the molecule is COc1ccc(C(=O)N(C)CC(CCN2CCCN(c3nc4ccccc4n3Cc3ccoc3)CC2)c2ccc(Cl)c(Cl)c2)c(OC)c1. The molecule has 0 N–H and O–H groups in total. The van der Waals surface area contributed by atoms with Crippen LogP contribution in [0.25, 0.3) is 11.0 Å². The van der Waals surface area contributed by atoms with Crippen LogP contribution in [0.15, 0.2) is 83.7 Å². The second kappa shape index (κ2) is 15.4. The lowest BCUT2D eigenvalue weighted by atomic mass is 9.94. The summed E-state index contributed by atoms with van der Waals surface area (Å²) in [6.07, 6.45) is 5.37. The number of furan rings is 1. The highest BCUT2D eigenvalue weighted by atomic mass is 35.5. The number of amides is 1. The molecule has 48 heavy (non-hydrogen) atoms. The van der Waals surface area contributed by atoms with Gasteiger partial charge in [-0.25, -0.2) is 4.98 Å². The zero-order valence-corrected chi connectivity index (χ0v) is 29.1. The first-order valence-corrected chi connectivity index (χ1v) is 17.0. The number of rotatable bonds is 12. The Bertz CT molecular complexity index is 1840. The van der Waals surface area contributed by atoms with Gasteiger partial charge in [-0.3, -0.25) is 4.79 Å². The smallest absolute Gasteiger partial charge is 0.257 e. The zero-order valence-electron chi connectivity index (χ0n) is 27.6. The minimum Gasteiger partial charge on any atom is -0.497 e. The average molecular weight is 691 g/mol. The maximum atomic E-state index is 13.7. The van der Waals surface area contributed by atoms with Crippen LogP contribution in [0.5, 0.6) is 11.5 Å². The number of aromatic nitrogens is 2. The molecule has 1 aliphatic rings. The fourth-order valence-electron chi connectivity index (χ4n) is 6.48. The van der Waals surface area contributed by atoms with Crippen LogP contribution in [0.3, 0.4) is 0 Å². The maximum Gasteiger partial charge on any atom is 0.257 e. The number of benzene rings is 3. The molecule has 6 rings (SSSR count). The van der Waals surface area contributed by atoms with Gasteiger partial charge in [0, 0.05) is 50.8 Å². The topological polar surface area (TPSA) is 76.2 Å². The van der Waals surface area contributed by atoms with Crippen LogP contribution in [0.2, 0.25) is 10.0 Å². The molecule has 11 heteroatoms. The van der Waals surface area contributed by atoms with E-state index in [9.17, 15) is 4.79 Å². The summed E-state index contributed by atoms with van der Waals surface area (Å²) in [7, 11) is 4.98. The summed E-state index contributed by atoms with van der Waals surface area (Å²) < 4.78 is 18.5. The Labute approximate surface area is 291 Å². The molecule has 5 aromatic rings. The molecule has 0 aliphatic carbocycles. The summed E-state index contributed by atoms with van der Waals surface area (Å²) in [4.78, 5) is 25.4. The van der Waals surface area contributed by atoms with E-state index >= 15 is 0 Å². The molecule has 0 spiro atoms. The summed E-state index contributed by atoms with van der Waals surface area (Å²) in [6.45, 7) is 5.74. The highest BCUT2D eigenvalue weighted by Crippen LogP contribution is 2.31. The minimum atomic E-state index is -0.122. The van der Waals surface area contributed by atoms with E-state index in [4.69, 9.17) is 42.1 Å². The molecule has 2 aromatic heterocycles. The number of anilines is 1. The van der Waals surface area contributed by atoms with Crippen molar-refractivity contribution in [2.45, 2.75) is 25.3 Å². The van der Waals surface area contributed by atoms with Gasteiger partial charge in [-0.1, -0.05) is 41.4 Å². The molecule has 1 amide bonds. The van der Waals surface area contributed by atoms with Gasteiger partial charge >= 0.3 is 0 Å². The summed E-state index contributed by atoms with van der Waals surface area (Å²) in [6, 6.07) is 21.3. The van der Waals surface area contributed by atoms with E-state index in [0.29, 0.717) is 40.2 Å². The van der Waals surface area contributed by atoms with Crippen LogP contribution in [0.1, 0.15) is 40.2 Å². The third-order valence-corrected chi connectivity index (χ3v) is 9.85. The lowest BCUT2D eigenvalue weighted by molar-refractivity contribution is 0.0779. The third kappa shape index (κ3) is 7.59. The van der Waals surface area contributed by atoms with Crippen molar-refractivity contribution in [3.05, 3.63) is 106 Å². The molecular weight excluding hydrogens is 649 g/mol. The normalized spacial score (nSPS) is 14.6. The van der Waals surface area contributed by atoms with Crippen molar-refractivity contribution in [3.63, 3.8) is 0 Å². The van der Waals surface area contributed by atoms with Gasteiger partial charge < -0.3 is 33.2 Å². The van der Waals surface area contributed by atoms with Crippen molar-refractivity contribution < 1.29 is 18.7 Å². The first-order chi connectivity index (χ1) is 23.3. The molecule has 1 aliphatic heterocycles. The second-order valence-corrected chi connectivity index (χ2v) is 13.0. The summed E-state index contributed by atoms with van der Waals surface area (Å²) in [5, 5.41) is 1.02. The number of methoxy groups -OCH3 is 2. The van der Waals surface area contributed by atoms with Gasteiger partial charge in [-0.15, -0.1) is 0 Å². The number of para-hydroxylation sites is 2. The molecule has 1 saturated heterocycles. The van der Waals surface area contributed by atoms with Crippen LogP contribution in [-0.4, -0.2) is 85.8 Å². The Morgan fingerprint density at radius 3 is 2.60 bits per heavy atom. The predicted octanol–water partition coefficient (Wildman–Crippen LogP) is 7.46. The van der Waals surface area contributed by atoms with Crippen LogP contribution < -0.4 is 14.4 Å². The Hall–Kier alpha value is -4.18. The van der Waals surface area contributed by atoms with Crippen molar-refractivity contribution >= 4 is 46.1 Å². The van der Waals surface area contributed by atoms with E-state index in [1.165, 1.54) is 0 Å². The Morgan fingerprint density at radius 1 is 0.979 bits per heavy atom. The number of nitrogens with zero attached hydrogens (tertiary/aromatic N) is 5. The molecule has 0 saturated carbocycles. The van der Waals surface area contributed by atoms with Gasteiger partial charge in [-0.2, -0.15) is 0 Å². The molecular formula is C37H41Cl2N5O4. The number of hydrogen-bond donors (Lipinski definition) is 0. The number of halogens is 2. The predicted molar refractivity (Wildman–Crippen MR) is 191 cm³/mol. The number of fused-ring (bicyclic) bond motifs is 1. The van der Waals surface area contributed by atoms with E-state index in [-0.39, 0.29) is 11.8 Å². The summed E-state index contributed by atoms with van der Waals surface area (Å²) >= 11 is 12.8. The van der Waals surface area contributed by atoms with Crippen LogP contribution in [0, 0.1) is 0 Å². The van der Waals surface area contributed by atoms with Crippen LogP contribution >= 0.6 is 23.2 Å². The van der Waals surface area contributed by atoms with Crippen molar-refractivity contribution in [3.8, 4) is 11.5 Å². The van der Waals surface area contributed by atoms with Gasteiger partial charge in [0.15, 0.2) is 0 Å². The molecule has 1 fully saturated rings. The largest absolute Gasteiger partial charge is 0.497 e. The second-order valence-electron chi connectivity index (χ2n) is 12.2. The van der Waals surface area contributed by atoms with E-state index < -0.39 is 0 Å². The molecule has 3 heterocycles. The third-order valence-electron chi connectivity index (χ3n) is 9.12. The fourth-order valence-corrected chi connectivity index (χ4v) is 6.79. The first kappa shape index (κ1) is 33.7. The molecule has 1 unspecified atom stereocenters. The number of carbonyl (C=O) groups excluding carboxylic acids is 1. The average Bonchev–Trinajstić information content (AvgIpc) is 3.69. The molecule has 1 atom stereocenters. The van der Waals surface area contributed by atoms with Crippen LogP contribution in [0.4, 0.5) is 5.95 Å². The van der Waals surface area contributed by atoms with Crippen molar-refractivity contribution in [1.82, 2.24) is 19.4 Å². The first-order valence-electron chi connectivity index (χ1n) is 16.2. The summed E-state index contributed by atoms with van der Waals surface area (Å²) in [5.74, 6) is 2.01. The monoisotopic (exact) mass is 689 g/mol. The Balaban J connectivity index is 1.16. The van der Waals surface area contributed by atoms with Gasteiger partial charge in [0.1, 0.15) is 11.5 Å². The van der Waals surface area contributed by atoms with E-state index in [1.54, 1.807) is 49.8 Å².